The molecule has 0 aromatic carbocycles. The quantitative estimate of drug-likeness (QED) is 0.397. The maximum Gasteiger partial charge on any atom is 0.240 e. The first kappa shape index (κ1) is 15.1. The normalized spacial score (nSPS) is 10.4. The Hall–Kier alpha value is -0.960. The molecular weight excluding hydrogens is 304 g/mol. The van der Waals surface area contributed by atoms with E-state index in [1.165, 1.54) is 0 Å². The van der Waals surface area contributed by atoms with Gasteiger partial charge in [0.25, 0.3) is 0 Å². The molecule has 1 aromatic heterocycles. The largest absolute Gasteiger partial charge is 0.474 e. The van der Waals surface area contributed by atoms with Crippen LogP contribution in [0.5, 0.6) is 5.88 Å². The third-order valence-electron chi connectivity index (χ3n) is 1.94. The van der Waals surface area contributed by atoms with Gasteiger partial charge in [-0.05, 0) is 22.4 Å². The number of nitrogens with one attached hydrogen (secondary N) is 1. The van der Waals surface area contributed by atoms with Crippen LogP contribution in [0.1, 0.15) is 6.42 Å². The van der Waals surface area contributed by atoms with Gasteiger partial charge in [0, 0.05) is 20.3 Å². The van der Waals surface area contributed by atoms with Crippen molar-refractivity contribution in [3.8, 4) is 5.88 Å². The number of nitrogen functional groups attached to an aromatic ring is 1. The first-order valence-electron chi connectivity index (χ1n) is 5.46. The molecular formula is C10H17BrN4O3. The number of anilines is 1. The molecule has 1 heterocycles. The molecule has 0 amide bonds. The Morgan fingerprint density at radius 3 is 2.89 bits per heavy atom. The zero-order valence-electron chi connectivity index (χ0n) is 10.2. The minimum atomic E-state index is 0.300. The lowest BCUT2D eigenvalue weighted by molar-refractivity contribution is 0.0793. The van der Waals surface area contributed by atoms with Gasteiger partial charge in [0.1, 0.15) is 6.61 Å². The van der Waals surface area contributed by atoms with E-state index in [2.05, 4.69) is 31.3 Å². The first-order chi connectivity index (χ1) is 8.77. The van der Waals surface area contributed by atoms with E-state index in [1.807, 2.05) is 0 Å². The number of rotatable bonds is 9. The van der Waals surface area contributed by atoms with Crippen molar-refractivity contribution in [2.75, 3.05) is 39.0 Å². The van der Waals surface area contributed by atoms with E-state index in [0.717, 1.165) is 6.42 Å². The molecule has 1 rings (SSSR count). The summed E-state index contributed by atoms with van der Waals surface area (Å²) in [5, 5.41) is 0. The van der Waals surface area contributed by atoms with E-state index < -0.39 is 0 Å². The SMILES string of the molecule is COCCCOCCOc1nc(NN)ncc1Br. The van der Waals surface area contributed by atoms with Gasteiger partial charge in [0.15, 0.2) is 0 Å². The summed E-state index contributed by atoms with van der Waals surface area (Å²) < 4.78 is 16.4. The van der Waals surface area contributed by atoms with E-state index in [-0.39, 0.29) is 0 Å². The molecule has 0 fully saturated rings. The summed E-state index contributed by atoms with van der Waals surface area (Å²) in [4.78, 5) is 7.96. The minimum Gasteiger partial charge on any atom is -0.474 e. The number of hydrogen-bond donors (Lipinski definition) is 2. The van der Waals surface area contributed by atoms with Crippen molar-refractivity contribution in [2.45, 2.75) is 6.42 Å². The van der Waals surface area contributed by atoms with Gasteiger partial charge in [0.2, 0.25) is 11.8 Å². The highest BCUT2D eigenvalue weighted by Gasteiger charge is 2.05. The van der Waals surface area contributed by atoms with E-state index >= 15 is 0 Å². The highest BCUT2D eigenvalue weighted by Crippen LogP contribution is 2.21. The molecule has 0 atom stereocenters. The van der Waals surface area contributed by atoms with Gasteiger partial charge in [-0.3, -0.25) is 5.43 Å². The van der Waals surface area contributed by atoms with Crippen LogP contribution >= 0.6 is 15.9 Å². The van der Waals surface area contributed by atoms with Crippen LogP contribution in [0.3, 0.4) is 0 Å². The average molecular weight is 321 g/mol. The van der Waals surface area contributed by atoms with Crippen LogP contribution in [0.4, 0.5) is 5.95 Å². The first-order valence-corrected chi connectivity index (χ1v) is 6.26. The van der Waals surface area contributed by atoms with Crippen molar-refractivity contribution < 1.29 is 14.2 Å². The van der Waals surface area contributed by atoms with E-state index in [4.69, 9.17) is 20.1 Å². The Kier molecular flexibility index (Phi) is 7.58. The monoisotopic (exact) mass is 320 g/mol. The lowest BCUT2D eigenvalue weighted by atomic mass is 10.5. The number of nitrogens with two attached hydrogens (primary N) is 1. The van der Waals surface area contributed by atoms with Gasteiger partial charge in [0.05, 0.1) is 17.3 Å². The summed E-state index contributed by atoms with van der Waals surface area (Å²) in [5.74, 6) is 5.94. The van der Waals surface area contributed by atoms with Crippen LogP contribution in [0, 0.1) is 0 Å². The van der Waals surface area contributed by atoms with Crippen molar-refractivity contribution >= 4 is 21.9 Å². The van der Waals surface area contributed by atoms with Gasteiger partial charge < -0.3 is 14.2 Å². The molecule has 0 aliphatic heterocycles. The van der Waals surface area contributed by atoms with Gasteiger partial charge in [-0.15, -0.1) is 0 Å². The summed E-state index contributed by atoms with van der Waals surface area (Å²) in [6.45, 7) is 2.25. The van der Waals surface area contributed by atoms with Crippen LogP contribution in [0.2, 0.25) is 0 Å². The van der Waals surface area contributed by atoms with E-state index in [1.54, 1.807) is 13.3 Å². The van der Waals surface area contributed by atoms with Crippen LogP contribution in [-0.4, -0.2) is 43.5 Å². The second kappa shape index (κ2) is 9.03. The number of halogens is 1. The predicted molar refractivity (Wildman–Crippen MR) is 70.3 cm³/mol. The molecule has 0 aliphatic carbocycles. The highest BCUT2D eigenvalue weighted by molar-refractivity contribution is 9.10. The summed E-state index contributed by atoms with van der Waals surface area (Å²) in [7, 11) is 1.67. The average Bonchev–Trinajstić information content (AvgIpc) is 2.39. The molecule has 0 unspecified atom stereocenters. The Balaban J connectivity index is 2.22. The Bertz CT molecular complexity index is 354. The number of aromatic nitrogens is 2. The highest BCUT2D eigenvalue weighted by atomic mass is 79.9. The van der Waals surface area contributed by atoms with Gasteiger partial charge >= 0.3 is 0 Å². The number of hydrazine groups is 1. The molecule has 0 aliphatic rings. The molecule has 18 heavy (non-hydrogen) atoms. The minimum absolute atomic E-state index is 0.300. The van der Waals surface area contributed by atoms with Crippen molar-refractivity contribution in [1.82, 2.24) is 9.97 Å². The second-order valence-electron chi connectivity index (χ2n) is 3.30. The number of hydrogen-bond acceptors (Lipinski definition) is 7. The molecule has 0 spiro atoms. The van der Waals surface area contributed by atoms with E-state index in [9.17, 15) is 0 Å². The lowest BCUT2D eigenvalue weighted by Crippen LogP contribution is -2.13. The van der Waals surface area contributed by atoms with Gasteiger partial charge in [-0.1, -0.05) is 0 Å². The summed E-state index contributed by atoms with van der Waals surface area (Å²) in [6, 6.07) is 0. The second-order valence-corrected chi connectivity index (χ2v) is 4.15. The van der Waals surface area contributed by atoms with Crippen molar-refractivity contribution in [3.63, 3.8) is 0 Å². The zero-order valence-corrected chi connectivity index (χ0v) is 11.8. The maximum absolute atomic E-state index is 5.44. The van der Waals surface area contributed by atoms with Crippen LogP contribution in [0.25, 0.3) is 0 Å². The topological polar surface area (TPSA) is 91.5 Å². The summed E-state index contributed by atoms with van der Waals surface area (Å²) >= 11 is 3.29. The van der Waals surface area contributed by atoms with Crippen LogP contribution < -0.4 is 16.0 Å². The molecule has 0 saturated carbocycles. The molecule has 102 valence electrons. The predicted octanol–water partition coefficient (Wildman–Crippen LogP) is 0.957. The molecule has 0 radical (unpaired) electrons. The molecule has 7 nitrogen and oxygen atoms in total. The standard InChI is InChI=1S/C10H17BrN4O3/c1-16-3-2-4-17-5-6-18-9-8(11)7-13-10(14-9)15-12/h7H,2-6,12H2,1H3,(H,13,14,15). The van der Waals surface area contributed by atoms with Crippen molar-refractivity contribution in [2.24, 2.45) is 5.84 Å². The molecule has 0 bridgehead atoms. The maximum atomic E-state index is 5.44. The Labute approximate surface area is 114 Å². The fourth-order valence-electron chi connectivity index (χ4n) is 1.13. The van der Waals surface area contributed by atoms with Crippen molar-refractivity contribution in [1.29, 1.82) is 0 Å². The summed E-state index contributed by atoms with van der Waals surface area (Å²) in [5.41, 5.74) is 2.35. The smallest absolute Gasteiger partial charge is 0.240 e. The molecule has 0 saturated heterocycles. The summed E-state index contributed by atoms with van der Waals surface area (Å²) in [6.07, 6.45) is 2.44. The number of methoxy groups -OCH3 is 1. The fraction of sp³-hybridized carbons (Fsp3) is 0.600. The van der Waals surface area contributed by atoms with Gasteiger partial charge in [-0.25, -0.2) is 10.8 Å². The van der Waals surface area contributed by atoms with Crippen LogP contribution in [0.15, 0.2) is 10.7 Å². The van der Waals surface area contributed by atoms with Crippen LogP contribution in [-0.2, 0) is 9.47 Å². The molecule has 8 heteroatoms. The zero-order chi connectivity index (χ0) is 13.2. The Morgan fingerprint density at radius 1 is 1.33 bits per heavy atom. The fourth-order valence-corrected chi connectivity index (χ4v) is 1.43. The number of nitrogens with zero attached hydrogens (tertiary/aromatic N) is 2. The number of ether oxygens (including phenoxy) is 3. The van der Waals surface area contributed by atoms with E-state index in [0.29, 0.717) is 42.7 Å². The molecule has 1 aromatic rings. The lowest BCUT2D eigenvalue weighted by Gasteiger charge is -2.08. The Morgan fingerprint density at radius 2 is 2.17 bits per heavy atom. The van der Waals surface area contributed by atoms with Crippen molar-refractivity contribution in [3.05, 3.63) is 10.7 Å². The third-order valence-corrected chi connectivity index (χ3v) is 2.49. The molecule has 3 N–H and O–H groups in total. The third kappa shape index (κ3) is 5.58. The van der Waals surface area contributed by atoms with Gasteiger partial charge in [-0.2, -0.15) is 4.98 Å².